The lowest BCUT2D eigenvalue weighted by Gasteiger charge is -2.23. The molecule has 3 aromatic rings. The molecule has 0 spiro atoms. The van der Waals surface area contributed by atoms with Gasteiger partial charge in [-0.05, 0) is 49.1 Å². The van der Waals surface area contributed by atoms with E-state index in [0.29, 0.717) is 36.5 Å². The van der Waals surface area contributed by atoms with Crippen LogP contribution < -0.4 is 15.4 Å². The van der Waals surface area contributed by atoms with Gasteiger partial charge in [0, 0.05) is 24.9 Å². The van der Waals surface area contributed by atoms with Crippen molar-refractivity contribution in [3.05, 3.63) is 65.0 Å². The van der Waals surface area contributed by atoms with E-state index in [9.17, 15) is 26.8 Å². The molecule has 0 radical (unpaired) electrons. The molecule has 0 saturated heterocycles. The molecule has 2 N–H and O–H groups in total. The van der Waals surface area contributed by atoms with E-state index >= 15 is 0 Å². The number of benzene rings is 1. The van der Waals surface area contributed by atoms with Crippen molar-refractivity contribution in [2.75, 3.05) is 23.9 Å². The molecule has 13 heteroatoms. The van der Waals surface area contributed by atoms with Crippen molar-refractivity contribution < 1.29 is 31.5 Å². The quantitative estimate of drug-likeness (QED) is 0.399. The second kappa shape index (κ2) is 11.3. The fraction of sp³-hybridized carbons (Fsp3) is 0.360. The minimum Gasteiger partial charge on any atom is -0.488 e. The Hall–Kier alpha value is -3.87. The Kier molecular flexibility index (Phi) is 8.05. The van der Waals surface area contributed by atoms with Gasteiger partial charge in [0.2, 0.25) is 5.91 Å². The fourth-order valence-electron chi connectivity index (χ4n) is 4.12. The van der Waals surface area contributed by atoms with Gasteiger partial charge in [-0.1, -0.05) is 18.2 Å². The highest BCUT2D eigenvalue weighted by molar-refractivity contribution is 7.91. The number of ether oxygens (including phenoxy) is 1. The number of aryl methyl sites for hydroxylation is 2. The van der Waals surface area contributed by atoms with Gasteiger partial charge < -0.3 is 15.4 Å². The monoisotopic (exact) mass is 547 g/mol. The van der Waals surface area contributed by atoms with Crippen LogP contribution in [0, 0.1) is 6.92 Å². The maximum atomic E-state index is 13.2. The van der Waals surface area contributed by atoms with Crippen molar-refractivity contribution in [2.45, 2.75) is 38.7 Å². The van der Waals surface area contributed by atoms with E-state index in [2.05, 4.69) is 20.7 Å². The van der Waals surface area contributed by atoms with Gasteiger partial charge in [0.25, 0.3) is 12.3 Å². The molecule has 0 fully saturated rings. The molecule has 0 saturated carbocycles. The second-order valence-electron chi connectivity index (χ2n) is 9.16. The van der Waals surface area contributed by atoms with Crippen molar-refractivity contribution in [3.8, 4) is 11.6 Å². The molecule has 3 heterocycles. The molecule has 0 bridgehead atoms. The fourth-order valence-corrected chi connectivity index (χ4v) is 4.67. The SMILES string of the molecule is Cc1ccc(-n2nc3c(c2NC(=O)CS(C)(=O)=O)C(=O)N[C@@H](CCc2cccc(OCC(F)F)c2)C3)nc1. The molecular formula is C25H27F2N5O5S. The Morgan fingerprint density at radius 3 is 2.76 bits per heavy atom. The summed E-state index contributed by atoms with van der Waals surface area (Å²) in [5.41, 5.74) is 2.34. The van der Waals surface area contributed by atoms with Crippen LogP contribution in [0.5, 0.6) is 5.75 Å². The number of nitrogens with zero attached hydrogens (tertiary/aromatic N) is 3. The molecule has 4 rings (SSSR count). The zero-order valence-corrected chi connectivity index (χ0v) is 21.6. The Labute approximate surface area is 218 Å². The number of carbonyl (C=O) groups is 2. The number of anilines is 1. The highest BCUT2D eigenvalue weighted by Gasteiger charge is 2.33. The summed E-state index contributed by atoms with van der Waals surface area (Å²) < 4.78 is 54.5. The number of sulfone groups is 1. The molecule has 2 aromatic heterocycles. The van der Waals surface area contributed by atoms with E-state index in [1.54, 1.807) is 36.5 Å². The topological polar surface area (TPSA) is 132 Å². The summed E-state index contributed by atoms with van der Waals surface area (Å²) in [6.07, 6.45) is 1.43. The molecule has 10 nitrogen and oxygen atoms in total. The number of halogens is 2. The summed E-state index contributed by atoms with van der Waals surface area (Å²) in [5, 5.41) is 10.0. The molecule has 1 aromatic carbocycles. The van der Waals surface area contributed by atoms with Crippen molar-refractivity contribution in [3.63, 3.8) is 0 Å². The molecule has 0 unspecified atom stereocenters. The number of alkyl halides is 2. The number of amides is 2. The van der Waals surface area contributed by atoms with Crippen molar-refractivity contribution in [1.82, 2.24) is 20.1 Å². The number of pyridine rings is 1. The molecule has 202 valence electrons. The second-order valence-corrected chi connectivity index (χ2v) is 11.3. The maximum Gasteiger partial charge on any atom is 0.272 e. The van der Waals surface area contributed by atoms with Crippen LogP contribution >= 0.6 is 0 Å². The Balaban J connectivity index is 1.55. The number of aromatic nitrogens is 3. The van der Waals surface area contributed by atoms with Gasteiger partial charge >= 0.3 is 0 Å². The third kappa shape index (κ3) is 6.91. The zero-order chi connectivity index (χ0) is 27.4. The Bertz CT molecular complexity index is 1440. The number of hydrogen-bond donors (Lipinski definition) is 2. The molecule has 1 aliphatic rings. The van der Waals surface area contributed by atoms with Crippen LogP contribution in [0.3, 0.4) is 0 Å². The van der Waals surface area contributed by atoms with Crippen LogP contribution in [0.4, 0.5) is 14.6 Å². The van der Waals surface area contributed by atoms with Gasteiger partial charge in [-0.15, -0.1) is 0 Å². The smallest absolute Gasteiger partial charge is 0.272 e. The first kappa shape index (κ1) is 27.2. The first-order chi connectivity index (χ1) is 18.0. The third-order valence-corrected chi connectivity index (χ3v) is 6.57. The first-order valence-electron chi connectivity index (χ1n) is 11.8. The van der Waals surface area contributed by atoms with Crippen LogP contribution in [0.15, 0.2) is 42.6 Å². The summed E-state index contributed by atoms with van der Waals surface area (Å²) in [5.74, 6) is -1.27. The summed E-state index contributed by atoms with van der Waals surface area (Å²) in [6, 6.07) is 10.0. The lowest BCUT2D eigenvalue weighted by molar-refractivity contribution is -0.113. The van der Waals surface area contributed by atoms with E-state index in [1.807, 2.05) is 13.0 Å². The van der Waals surface area contributed by atoms with Crippen LogP contribution in [0.25, 0.3) is 5.82 Å². The van der Waals surface area contributed by atoms with Crippen LogP contribution in [0.1, 0.15) is 33.6 Å². The van der Waals surface area contributed by atoms with Gasteiger partial charge in [0.1, 0.15) is 23.7 Å². The lowest BCUT2D eigenvalue weighted by atomic mass is 9.96. The highest BCUT2D eigenvalue weighted by atomic mass is 32.2. The van der Waals surface area contributed by atoms with Crippen LogP contribution in [-0.2, 0) is 27.5 Å². The third-order valence-electron chi connectivity index (χ3n) is 5.78. The predicted molar refractivity (Wildman–Crippen MR) is 136 cm³/mol. The predicted octanol–water partition coefficient (Wildman–Crippen LogP) is 2.49. The van der Waals surface area contributed by atoms with Crippen LogP contribution in [-0.4, -0.2) is 66.1 Å². The summed E-state index contributed by atoms with van der Waals surface area (Å²) in [6.45, 7) is 1.17. The Morgan fingerprint density at radius 1 is 1.29 bits per heavy atom. The number of rotatable bonds is 10. The minimum atomic E-state index is -3.60. The Morgan fingerprint density at radius 2 is 2.08 bits per heavy atom. The summed E-state index contributed by atoms with van der Waals surface area (Å²) in [4.78, 5) is 29.9. The van der Waals surface area contributed by atoms with Gasteiger partial charge in [0.15, 0.2) is 21.5 Å². The van der Waals surface area contributed by atoms with Gasteiger partial charge in [-0.2, -0.15) is 9.78 Å². The molecule has 38 heavy (non-hydrogen) atoms. The molecule has 2 amide bonds. The van der Waals surface area contributed by atoms with E-state index in [1.165, 1.54) is 4.68 Å². The van der Waals surface area contributed by atoms with Gasteiger partial charge in [0.05, 0.1) is 5.69 Å². The molecule has 0 aliphatic carbocycles. The zero-order valence-electron chi connectivity index (χ0n) is 20.8. The summed E-state index contributed by atoms with van der Waals surface area (Å²) in [7, 11) is -3.60. The van der Waals surface area contributed by atoms with E-state index in [-0.39, 0.29) is 17.4 Å². The van der Waals surface area contributed by atoms with E-state index < -0.39 is 40.4 Å². The molecule has 1 atom stereocenters. The number of fused-ring (bicyclic) bond motifs is 1. The molecule has 1 aliphatic heterocycles. The molecular weight excluding hydrogens is 520 g/mol. The standard InChI is InChI=1S/C25H27F2N5O5S/c1-15-6-9-21(28-12-15)32-24(30-22(33)14-38(2,35)36)23-19(31-32)11-17(29-25(23)34)8-7-16-4-3-5-18(10-16)37-13-20(26)27/h3-6,9-10,12,17,20H,7-8,11,13-14H2,1-2H3,(H,29,34)(H,30,33)/t17-/m0/s1. The largest absolute Gasteiger partial charge is 0.488 e. The normalized spacial score (nSPS) is 15.2. The number of nitrogens with one attached hydrogen (secondary N) is 2. The van der Waals surface area contributed by atoms with Crippen LogP contribution in [0.2, 0.25) is 0 Å². The van der Waals surface area contributed by atoms with Crippen molar-refractivity contribution >= 4 is 27.5 Å². The maximum absolute atomic E-state index is 13.2. The van der Waals surface area contributed by atoms with Gasteiger partial charge in [-0.25, -0.2) is 22.2 Å². The average Bonchev–Trinajstić information content (AvgIpc) is 3.19. The number of carbonyl (C=O) groups excluding carboxylic acids is 2. The summed E-state index contributed by atoms with van der Waals surface area (Å²) >= 11 is 0. The van der Waals surface area contributed by atoms with Crippen molar-refractivity contribution in [2.24, 2.45) is 0 Å². The van der Waals surface area contributed by atoms with Gasteiger partial charge in [-0.3, -0.25) is 9.59 Å². The number of hydrogen-bond acceptors (Lipinski definition) is 7. The minimum absolute atomic E-state index is 0.0461. The first-order valence-corrected chi connectivity index (χ1v) is 13.9. The van der Waals surface area contributed by atoms with E-state index in [0.717, 1.165) is 17.4 Å². The van der Waals surface area contributed by atoms with E-state index in [4.69, 9.17) is 4.74 Å². The average molecular weight is 548 g/mol. The van der Waals surface area contributed by atoms with Crippen molar-refractivity contribution in [1.29, 1.82) is 0 Å². The lowest BCUT2D eigenvalue weighted by Crippen LogP contribution is -2.41. The highest BCUT2D eigenvalue weighted by Crippen LogP contribution is 2.28.